The number of carbonyl (C=O) groups excluding carboxylic acids is 1. The summed E-state index contributed by atoms with van der Waals surface area (Å²) in [5.41, 5.74) is 2.05. The molecule has 0 fully saturated rings. The highest BCUT2D eigenvalue weighted by molar-refractivity contribution is 5.73. The lowest BCUT2D eigenvalue weighted by Crippen LogP contribution is -2.37. The monoisotopic (exact) mass is 302 g/mol. The lowest BCUT2D eigenvalue weighted by molar-refractivity contribution is 0.237. The Bertz CT molecular complexity index is 583. The number of urea groups is 1. The summed E-state index contributed by atoms with van der Waals surface area (Å²) < 4.78 is 1.72. The summed E-state index contributed by atoms with van der Waals surface area (Å²) in [7, 11) is 1.83. The predicted octanol–water partition coefficient (Wildman–Crippen LogP) is 1.39. The standard InChI is InChI=1S/C16H22N4O2/c1-20-15(7-9-19-20)12-18-16(22)17-11-14(8-10-21)13-5-3-2-4-6-13/h2-7,9,14,21H,8,10-12H2,1H3,(H2,17,18,22). The van der Waals surface area contributed by atoms with E-state index in [2.05, 4.69) is 15.7 Å². The summed E-state index contributed by atoms with van der Waals surface area (Å²) >= 11 is 0. The van der Waals surface area contributed by atoms with E-state index in [-0.39, 0.29) is 18.6 Å². The molecule has 1 aromatic carbocycles. The van der Waals surface area contributed by atoms with Crippen molar-refractivity contribution in [1.29, 1.82) is 0 Å². The summed E-state index contributed by atoms with van der Waals surface area (Å²) in [6.07, 6.45) is 2.31. The fraction of sp³-hybridized carbons (Fsp3) is 0.375. The number of benzene rings is 1. The molecule has 0 radical (unpaired) electrons. The number of hydrogen-bond donors (Lipinski definition) is 3. The largest absolute Gasteiger partial charge is 0.396 e. The van der Waals surface area contributed by atoms with Gasteiger partial charge in [0.05, 0.1) is 12.2 Å². The maximum Gasteiger partial charge on any atom is 0.315 e. The molecule has 0 aliphatic rings. The van der Waals surface area contributed by atoms with Crippen LogP contribution < -0.4 is 10.6 Å². The van der Waals surface area contributed by atoms with Crippen molar-refractivity contribution in [2.24, 2.45) is 7.05 Å². The number of aryl methyl sites for hydroxylation is 1. The molecular formula is C16H22N4O2. The van der Waals surface area contributed by atoms with Crippen LogP contribution in [0.5, 0.6) is 0 Å². The van der Waals surface area contributed by atoms with E-state index in [4.69, 9.17) is 0 Å². The van der Waals surface area contributed by atoms with E-state index in [9.17, 15) is 9.90 Å². The first kappa shape index (κ1) is 16.0. The normalized spacial score (nSPS) is 11.9. The number of rotatable bonds is 7. The van der Waals surface area contributed by atoms with Crippen molar-refractivity contribution in [3.05, 3.63) is 53.9 Å². The molecule has 1 heterocycles. The van der Waals surface area contributed by atoms with Gasteiger partial charge in [0.1, 0.15) is 0 Å². The fourth-order valence-electron chi connectivity index (χ4n) is 2.29. The number of aliphatic hydroxyl groups is 1. The molecule has 0 spiro atoms. The van der Waals surface area contributed by atoms with Gasteiger partial charge < -0.3 is 15.7 Å². The molecule has 3 N–H and O–H groups in total. The number of nitrogens with one attached hydrogen (secondary N) is 2. The van der Waals surface area contributed by atoms with Crippen LogP contribution in [0.1, 0.15) is 23.6 Å². The van der Waals surface area contributed by atoms with Crippen LogP contribution in [0.2, 0.25) is 0 Å². The second kappa shape index (κ2) is 8.19. The van der Waals surface area contributed by atoms with Crippen LogP contribution in [-0.4, -0.2) is 34.1 Å². The van der Waals surface area contributed by atoms with E-state index in [0.29, 0.717) is 19.5 Å². The molecule has 0 saturated carbocycles. The van der Waals surface area contributed by atoms with Crippen LogP contribution in [0, 0.1) is 0 Å². The molecule has 2 amide bonds. The highest BCUT2D eigenvalue weighted by atomic mass is 16.3. The van der Waals surface area contributed by atoms with Crippen LogP contribution in [0.3, 0.4) is 0 Å². The van der Waals surface area contributed by atoms with Gasteiger partial charge in [0, 0.05) is 32.3 Å². The molecule has 1 unspecified atom stereocenters. The molecule has 0 saturated heterocycles. The fourth-order valence-corrected chi connectivity index (χ4v) is 2.29. The van der Waals surface area contributed by atoms with E-state index >= 15 is 0 Å². The first-order chi connectivity index (χ1) is 10.7. The van der Waals surface area contributed by atoms with Crippen molar-refractivity contribution in [2.75, 3.05) is 13.2 Å². The molecule has 1 atom stereocenters. The molecule has 0 aliphatic carbocycles. The highest BCUT2D eigenvalue weighted by Gasteiger charge is 2.12. The third-order valence-electron chi connectivity index (χ3n) is 3.61. The van der Waals surface area contributed by atoms with Gasteiger partial charge in [-0.05, 0) is 18.1 Å². The van der Waals surface area contributed by atoms with Crippen molar-refractivity contribution < 1.29 is 9.90 Å². The summed E-state index contributed by atoms with van der Waals surface area (Å²) in [6, 6.07) is 11.5. The highest BCUT2D eigenvalue weighted by Crippen LogP contribution is 2.17. The minimum atomic E-state index is -0.222. The number of nitrogens with zero attached hydrogens (tertiary/aromatic N) is 2. The lowest BCUT2D eigenvalue weighted by atomic mass is 9.96. The Labute approximate surface area is 130 Å². The van der Waals surface area contributed by atoms with E-state index in [0.717, 1.165) is 11.3 Å². The van der Waals surface area contributed by atoms with Gasteiger partial charge in [-0.15, -0.1) is 0 Å². The first-order valence-corrected chi connectivity index (χ1v) is 7.35. The summed E-state index contributed by atoms with van der Waals surface area (Å²) in [5.74, 6) is 0.105. The van der Waals surface area contributed by atoms with Gasteiger partial charge in [-0.2, -0.15) is 5.10 Å². The van der Waals surface area contributed by atoms with Crippen molar-refractivity contribution >= 4 is 6.03 Å². The zero-order chi connectivity index (χ0) is 15.8. The Morgan fingerprint density at radius 1 is 1.27 bits per heavy atom. The Morgan fingerprint density at radius 3 is 2.68 bits per heavy atom. The minimum Gasteiger partial charge on any atom is -0.396 e. The topological polar surface area (TPSA) is 79.2 Å². The molecule has 2 rings (SSSR count). The van der Waals surface area contributed by atoms with Gasteiger partial charge in [0.15, 0.2) is 0 Å². The lowest BCUT2D eigenvalue weighted by Gasteiger charge is -2.17. The van der Waals surface area contributed by atoms with E-state index in [1.807, 2.05) is 43.4 Å². The zero-order valence-electron chi connectivity index (χ0n) is 12.7. The Hall–Kier alpha value is -2.34. The molecule has 1 aromatic heterocycles. The Balaban J connectivity index is 1.81. The summed E-state index contributed by atoms with van der Waals surface area (Å²) in [4.78, 5) is 11.9. The Kier molecular flexibility index (Phi) is 5.97. The third-order valence-corrected chi connectivity index (χ3v) is 3.61. The molecule has 118 valence electrons. The third kappa shape index (κ3) is 4.60. The summed E-state index contributed by atoms with van der Waals surface area (Å²) in [6.45, 7) is 1.01. The van der Waals surface area contributed by atoms with E-state index in [1.54, 1.807) is 10.9 Å². The first-order valence-electron chi connectivity index (χ1n) is 7.35. The van der Waals surface area contributed by atoms with Crippen LogP contribution in [0.15, 0.2) is 42.6 Å². The number of aromatic nitrogens is 2. The number of aliphatic hydroxyl groups excluding tert-OH is 1. The van der Waals surface area contributed by atoms with Crippen LogP contribution in [0.4, 0.5) is 4.79 Å². The quantitative estimate of drug-likeness (QED) is 0.723. The molecular weight excluding hydrogens is 280 g/mol. The van der Waals surface area contributed by atoms with Crippen molar-refractivity contribution in [1.82, 2.24) is 20.4 Å². The van der Waals surface area contributed by atoms with Gasteiger partial charge in [0.25, 0.3) is 0 Å². The van der Waals surface area contributed by atoms with E-state index in [1.165, 1.54) is 0 Å². The van der Waals surface area contributed by atoms with Crippen molar-refractivity contribution in [3.63, 3.8) is 0 Å². The smallest absolute Gasteiger partial charge is 0.315 e. The number of amides is 2. The number of carbonyl (C=O) groups is 1. The average molecular weight is 302 g/mol. The maximum atomic E-state index is 11.9. The van der Waals surface area contributed by atoms with Crippen molar-refractivity contribution in [3.8, 4) is 0 Å². The van der Waals surface area contributed by atoms with Gasteiger partial charge >= 0.3 is 6.03 Å². The van der Waals surface area contributed by atoms with Gasteiger partial charge in [-0.1, -0.05) is 30.3 Å². The Morgan fingerprint density at radius 2 is 2.05 bits per heavy atom. The zero-order valence-corrected chi connectivity index (χ0v) is 12.7. The maximum absolute atomic E-state index is 11.9. The summed E-state index contributed by atoms with van der Waals surface area (Å²) in [5, 5.41) is 18.9. The van der Waals surface area contributed by atoms with Crippen molar-refractivity contribution in [2.45, 2.75) is 18.9 Å². The van der Waals surface area contributed by atoms with E-state index < -0.39 is 0 Å². The molecule has 0 aliphatic heterocycles. The molecule has 0 bridgehead atoms. The van der Waals surface area contributed by atoms with Crippen LogP contribution >= 0.6 is 0 Å². The molecule has 6 heteroatoms. The van der Waals surface area contributed by atoms with Crippen LogP contribution in [-0.2, 0) is 13.6 Å². The van der Waals surface area contributed by atoms with Crippen LogP contribution in [0.25, 0.3) is 0 Å². The predicted molar refractivity (Wildman–Crippen MR) is 84.3 cm³/mol. The minimum absolute atomic E-state index is 0.0951. The second-order valence-corrected chi connectivity index (χ2v) is 5.13. The number of hydrogen-bond acceptors (Lipinski definition) is 3. The van der Waals surface area contributed by atoms with Gasteiger partial charge in [-0.3, -0.25) is 4.68 Å². The SMILES string of the molecule is Cn1nccc1CNC(=O)NCC(CCO)c1ccccc1. The molecule has 22 heavy (non-hydrogen) atoms. The molecule has 6 nitrogen and oxygen atoms in total. The second-order valence-electron chi connectivity index (χ2n) is 5.13. The average Bonchev–Trinajstić information content (AvgIpc) is 2.95. The van der Waals surface area contributed by atoms with Gasteiger partial charge in [-0.25, -0.2) is 4.79 Å². The molecule has 2 aromatic rings. The van der Waals surface area contributed by atoms with Gasteiger partial charge in [0.2, 0.25) is 0 Å².